The van der Waals surface area contributed by atoms with Gasteiger partial charge in [0.2, 0.25) is 0 Å². The van der Waals surface area contributed by atoms with Crippen LogP contribution in [0, 0.1) is 0 Å². The Hall–Kier alpha value is -1.40. The van der Waals surface area contributed by atoms with Crippen LogP contribution in [-0.4, -0.2) is 43.5 Å². The summed E-state index contributed by atoms with van der Waals surface area (Å²) in [4.78, 5) is 17.4. The van der Waals surface area contributed by atoms with Crippen LogP contribution in [0.25, 0.3) is 0 Å². The Kier molecular flexibility index (Phi) is 6.20. The topological polar surface area (TPSA) is 73.4 Å². The Morgan fingerprint density at radius 2 is 2.19 bits per heavy atom. The summed E-state index contributed by atoms with van der Waals surface area (Å²) in [5.41, 5.74) is -0.317. The Labute approximate surface area is 93.6 Å². The van der Waals surface area contributed by atoms with Crippen LogP contribution >= 0.6 is 0 Å². The smallest absolute Gasteiger partial charge is 0.310 e. The number of nitrogens with one attached hydrogen (secondary N) is 1. The molecule has 0 aromatic carbocycles. The molecule has 1 heterocycles. The van der Waals surface area contributed by atoms with Gasteiger partial charge in [-0.1, -0.05) is 0 Å². The lowest BCUT2D eigenvalue weighted by molar-refractivity contribution is 0.0641. The highest BCUT2D eigenvalue weighted by molar-refractivity contribution is 5.01. The predicted molar refractivity (Wildman–Crippen MR) is 57.7 cm³/mol. The minimum Gasteiger partial charge on any atom is -0.474 e. The Morgan fingerprint density at radius 3 is 2.94 bits per heavy atom. The van der Waals surface area contributed by atoms with Crippen LogP contribution in [0.1, 0.15) is 6.42 Å². The van der Waals surface area contributed by atoms with Crippen LogP contribution in [0.2, 0.25) is 0 Å². The van der Waals surface area contributed by atoms with Crippen molar-refractivity contribution in [1.29, 1.82) is 0 Å². The molecule has 1 aromatic heterocycles. The fraction of sp³-hybridized carbons (Fsp3) is 0.600. The van der Waals surface area contributed by atoms with Gasteiger partial charge in [0.25, 0.3) is 5.88 Å². The van der Waals surface area contributed by atoms with Crippen LogP contribution in [-0.2, 0) is 9.47 Å². The van der Waals surface area contributed by atoms with E-state index in [0.717, 1.165) is 0 Å². The summed E-state index contributed by atoms with van der Waals surface area (Å²) < 4.78 is 15.2. The fourth-order valence-corrected chi connectivity index (χ4v) is 1.02. The highest BCUT2D eigenvalue weighted by Gasteiger charge is 1.99. The van der Waals surface area contributed by atoms with Crippen molar-refractivity contribution in [1.82, 2.24) is 9.97 Å². The SMILES string of the molecule is COCCOCCCOc1ncc[nH]c1=O. The van der Waals surface area contributed by atoms with Gasteiger partial charge in [-0.15, -0.1) is 0 Å². The quantitative estimate of drug-likeness (QED) is 0.643. The highest BCUT2D eigenvalue weighted by atomic mass is 16.5. The lowest BCUT2D eigenvalue weighted by Gasteiger charge is -2.04. The number of nitrogens with zero attached hydrogens (tertiary/aromatic N) is 1. The summed E-state index contributed by atoms with van der Waals surface area (Å²) in [5, 5.41) is 0. The first-order valence-corrected chi connectivity index (χ1v) is 5.08. The molecule has 0 aliphatic rings. The van der Waals surface area contributed by atoms with E-state index in [1.165, 1.54) is 12.4 Å². The van der Waals surface area contributed by atoms with Gasteiger partial charge in [-0.3, -0.25) is 4.79 Å². The predicted octanol–water partition coefficient (Wildman–Crippen LogP) is 0.202. The third kappa shape index (κ3) is 4.90. The van der Waals surface area contributed by atoms with E-state index < -0.39 is 0 Å². The summed E-state index contributed by atoms with van der Waals surface area (Å²) in [6, 6.07) is 0. The van der Waals surface area contributed by atoms with Gasteiger partial charge in [0.15, 0.2) is 0 Å². The third-order valence-electron chi connectivity index (χ3n) is 1.78. The zero-order valence-corrected chi connectivity index (χ0v) is 9.27. The average molecular weight is 228 g/mol. The molecule has 6 heteroatoms. The fourth-order valence-electron chi connectivity index (χ4n) is 1.02. The van der Waals surface area contributed by atoms with E-state index in [0.29, 0.717) is 32.8 Å². The Morgan fingerprint density at radius 1 is 1.31 bits per heavy atom. The number of ether oxygens (including phenoxy) is 3. The van der Waals surface area contributed by atoms with Gasteiger partial charge in [0.05, 0.1) is 19.8 Å². The van der Waals surface area contributed by atoms with Crippen molar-refractivity contribution < 1.29 is 14.2 Å². The molecule has 6 nitrogen and oxygen atoms in total. The monoisotopic (exact) mass is 228 g/mol. The number of hydrogen-bond acceptors (Lipinski definition) is 5. The summed E-state index contributed by atoms with van der Waals surface area (Å²) >= 11 is 0. The van der Waals surface area contributed by atoms with E-state index >= 15 is 0 Å². The molecule has 0 amide bonds. The van der Waals surface area contributed by atoms with Crippen molar-refractivity contribution in [3.8, 4) is 5.88 Å². The first kappa shape index (κ1) is 12.7. The molecule has 0 fully saturated rings. The molecule has 0 aliphatic heterocycles. The minimum atomic E-state index is -0.317. The van der Waals surface area contributed by atoms with Gasteiger partial charge < -0.3 is 19.2 Å². The molecule has 0 radical (unpaired) electrons. The van der Waals surface area contributed by atoms with Crippen LogP contribution in [0.15, 0.2) is 17.2 Å². The van der Waals surface area contributed by atoms with E-state index in [1.54, 1.807) is 7.11 Å². The number of methoxy groups -OCH3 is 1. The molecule has 1 aromatic rings. The van der Waals surface area contributed by atoms with Crippen LogP contribution in [0.4, 0.5) is 0 Å². The maximum absolute atomic E-state index is 11.1. The lowest BCUT2D eigenvalue weighted by Crippen LogP contribution is -2.14. The standard InChI is InChI=1S/C10H16N2O4/c1-14-7-8-15-5-2-6-16-10-9(13)11-3-4-12-10/h3-4H,2,5-8H2,1H3,(H,11,13). The first-order chi connectivity index (χ1) is 7.84. The molecular formula is C10H16N2O4. The molecule has 0 atom stereocenters. The minimum absolute atomic E-state index is 0.0967. The van der Waals surface area contributed by atoms with Crippen molar-refractivity contribution in [3.05, 3.63) is 22.7 Å². The average Bonchev–Trinajstić information content (AvgIpc) is 2.30. The van der Waals surface area contributed by atoms with Crippen molar-refractivity contribution in [3.63, 3.8) is 0 Å². The molecule has 1 N–H and O–H groups in total. The second kappa shape index (κ2) is 7.84. The molecular weight excluding hydrogens is 212 g/mol. The maximum Gasteiger partial charge on any atom is 0.310 e. The largest absolute Gasteiger partial charge is 0.474 e. The van der Waals surface area contributed by atoms with E-state index in [9.17, 15) is 4.79 Å². The Bertz CT molecular complexity index is 340. The van der Waals surface area contributed by atoms with Crippen molar-refractivity contribution >= 4 is 0 Å². The van der Waals surface area contributed by atoms with E-state index in [-0.39, 0.29) is 11.4 Å². The number of rotatable bonds is 8. The first-order valence-electron chi connectivity index (χ1n) is 5.08. The molecule has 16 heavy (non-hydrogen) atoms. The van der Waals surface area contributed by atoms with Gasteiger partial charge in [0.1, 0.15) is 0 Å². The second-order valence-corrected chi connectivity index (χ2v) is 3.03. The highest BCUT2D eigenvalue weighted by Crippen LogP contribution is 1.94. The number of H-pyrrole nitrogens is 1. The lowest BCUT2D eigenvalue weighted by atomic mass is 10.5. The molecule has 1 rings (SSSR count). The summed E-state index contributed by atoms with van der Waals surface area (Å²) in [5.74, 6) is 0.0967. The number of aromatic amines is 1. The molecule has 0 unspecified atom stereocenters. The van der Waals surface area contributed by atoms with Gasteiger partial charge in [-0.05, 0) is 0 Å². The third-order valence-corrected chi connectivity index (χ3v) is 1.78. The zero-order valence-electron chi connectivity index (χ0n) is 9.27. The van der Waals surface area contributed by atoms with E-state index in [2.05, 4.69) is 9.97 Å². The summed E-state index contributed by atoms with van der Waals surface area (Å²) in [7, 11) is 1.62. The zero-order chi connectivity index (χ0) is 11.6. The van der Waals surface area contributed by atoms with Gasteiger partial charge in [0, 0.05) is 32.5 Å². The number of hydrogen-bond donors (Lipinski definition) is 1. The molecule has 0 spiro atoms. The summed E-state index contributed by atoms with van der Waals surface area (Å²) in [6.07, 6.45) is 3.65. The molecule has 0 aliphatic carbocycles. The van der Waals surface area contributed by atoms with Crippen molar-refractivity contribution in [2.75, 3.05) is 33.5 Å². The van der Waals surface area contributed by atoms with Crippen molar-refractivity contribution in [2.45, 2.75) is 6.42 Å². The normalized spacial score (nSPS) is 10.3. The number of aromatic nitrogens is 2. The Balaban J connectivity index is 2.08. The molecule has 0 saturated heterocycles. The maximum atomic E-state index is 11.1. The molecule has 90 valence electrons. The van der Waals surface area contributed by atoms with Crippen LogP contribution in [0.5, 0.6) is 5.88 Å². The van der Waals surface area contributed by atoms with Gasteiger partial charge in [-0.2, -0.15) is 0 Å². The summed E-state index contributed by atoms with van der Waals surface area (Å²) in [6.45, 7) is 2.14. The van der Waals surface area contributed by atoms with E-state index in [4.69, 9.17) is 14.2 Å². The van der Waals surface area contributed by atoms with Crippen LogP contribution in [0.3, 0.4) is 0 Å². The van der Waals surface area contributed by atoms with Gasteiger partial charge in [-0.25, -0.2) is 4.98 Å². The van der Waals surface area contributed by atoms with Crippen LogP contribution < -0.4 is 10.3 Å². The van der Waals surface area contributed by atoms with E-state index in [1.807, 2.05) is 0 Å². The molecule has 0 bridgehead atoms. The van der Waals surface area contributed by atoms with Crippen molar-refractivity contribution in [2.24, 2.45) is 0 Å². The van der Waals surface area contributed by atoms with Gasteiger partial charge >= 0.3 is 5.56 Å². The second-order valence-electron chi connectivity index (χ2n) is 3.03. The molecule has 0 saturated carbocycles.